The zero-order valence-electron chi connectivity index (χ0n) is 12.1. The molecule has 0 fully saturated rings. The molecule has 1 unspecified atom stereocenters. The molecule has 1 atom stereocenters. The van der Waals surface area contributed by atoms with Gasteiger partial charge in [-0.05, 0) is 26.2 Å². The molecular formula is C16H18N2O3. The van der Waals surface area contributed by atoms with E-state index >= 15 is 0 Å². The number of rotatable bonds is 4. The van der Waals surface area contributed by atoms with Crippen LogP contribution in [0.4, 0.5) is 0 Å². The van der Waals surface area contributed by atoms with Gasteiger partial charge in [0.15, 0.2) is 5.76 Å². The second-order valence-electron chi connectivity index (χ2n) is 5.39. The minimum atomic E-state index is -0.206. The number of hydrogen-bond donors (Lipinski definition) is 1. The molecule has 0 saturated carbocycles. The van der Waals surface area contributed by atoms with Crippen molar-refractivity contribution in [3.8, 4) is 5.75 Å². The first kappa shape index (κ1) is 13.7. The molecule has 1 N–H and O–H groups in total. The second kappa shape index (κ2) is 5.61. The van der Waals surface area contributed by atoms with Crippen LogP contribution >= 0.6 is 0 Å². The minimum absolute atomic E-state index is 0.133. The van der Waals surface area contributed by atoms with Gasteiger partial charge < -0.3 is 19.4 Å². The van der Waals surface area contributed by atoms with Crippen molar-refractivity contribution in [2.24, 2.45) is 0 Å². The summed E-state index contributed by atoms with van der Waals surface area (Å²) in [5, 5.41) is 2.97. The van der Waals surface area contributed by atoms with E-state index in [4.69, 9.17) is 9.15 Å². The highest BCUT2D eigenvalue weighted by Crippen LogP contribution is 2.31. The third-order valence-corrected chi connectivity index (χ3v) is 3.44. The van der Waals surface area contributed by atoms with Gasteiger partial charge in [-0.15, -0.1) is 0 Å². The second-order valence-corrected chi connectivity index (χ2v) is 5.39. The monoisotopic (exact) mass is 286 g/mol. The van der Waals surface area contributed by atoms with E-state index in [1.165, 1.54) is 0 Å². The number of amides is 1. The lowest BCUT2D eigenvalue weighted by Gasteiger charge is -2.12. The Kier molecular flexibility index (Phi) is 3.66. The van der Waals surface area contributed by atoms with Crippen LogP contribution in [0.5, 0.6) is 5.75 Å². The Morgan fingerprint density at radius 1 is 1.33 bits per heavy atom. The van der Waals surface area contributed by atoms with Crippen LogP contribution in [0.1, 0.15) is 27.7 Å². The van der Waals surface area contributed by atoms with Gasteiger partial charge in [0.25, 0.3) is 5.91 Å². The number of carbonyl (C=O) groups is 1. The maximum absolute atomic E-state index is 12.4. The van der Waals surface area contributed by atoms with Gasteiger partial charge in [0.05, 0.1) is 12.3 Å². The lowest BCUT2D eigenvalue weighted by Crippen LogP contribution is -2.30. The maximum atomic E-state index is 12.4. The summed E-state index contributed by atoms with van der Waals surface area (Å²) in [4.78, 5) is 14.4. The Bertz CT molecular complexity index is 648. The van der Waals surface area contributed by atoms with E-state index in [9.17, 15) is 4.79 Å². The third-order valence-electron chi connectivity index (χ3n) is 3.44. The van der Waals surface area contributed by atoms with Crippen LogP contribution in [0.2, 0.25) is 0 Å². The smallest absolute Gasteiger partial charge is 0.287 e. The quantitative estimate of drug-likeness (QED) is 0.936. The van der Waals surface area contributed by atoms with Crippen LogP contribution in [-0.4, -0.2) is 31.5 Å². The van der Waals surface area contributed by atoms with Gasteiger partial charge in [0.2, 0.25) is 0 Å². The molecule has 21 heavy (non-hydrogen) atoms. The number of ether oxygens (including phenoxy) is 1. The van der Waals surface area contributed by atoms with E-state index in [1.807, 2.05) is 49.3 Å². The summed E-state index contributed by atoms with van der Waals surface area (Å²) in [6, 6.07) is 9.43. The predicted octanol–water partition coefficient (Wildman–Crippen LogP) is 2.20. The van der Waals surface area contributed by atoms with E-state index in [0.717, 1.165) is 16.9 Å². The molecule has 0 spiro atoms. The molecule has 1 aromatic carbocycles. The highest BCUT2D eigenvalue weighted by Gasteiger charge is 2.27. The van der Waals surface area contributed by atoms with Gasteiger partial charge in [-0.1, -0.05) is 18.2 Å². The Hall–Kier alpha value is -2.27. The summed E-state index contributed by atoms with van der Waals surface area (Å²) in [5.41, 5.74) is 1.89. The van der Waals surface area contributed by atoms with Crippen LogP contribution in [0.25, 0.3) is 0 Å². The van der Waals surface area contributed by atoms with Crippen molar-refractivity contribution in [1.29, 1.82) is 0 Å². The van der Waals surface area contributed by atoms with E-state index in [-0.39, 0.29) is 11.9 Å². The molecular weight excluding hydrogens is 268 g/mol. The van der Waals surface area contributed by atoms with E-state index in [1.54, 1.807) is 6.26 Å². The fourth-order valence-electron chi connectivity index (χ4n) is 2.51. The standard InChI is InChI=1S/C16H18N2O3/c1-18(2)9-11-7-8-20-15(11)16(19)17-13-10-21-14-6-4-3-5-12(13)14/h3-8,13H,9-10H2,1-2H3,(H,17,19). The van der Waals surface area contributed by atoms with Crippen LogP contribution in [0, 0.1) is 0 Å². The zero-order valence-corrected chi connectivity index (χ0v) is 12.1. The van der Waals surface area contributed by atoms with Crippen molar-refractivity contribution in [3.05, 3.63) is 53.5 Å². The Morgan fingerprint density at radius 3 is 2.95 bits per heavy atom. The van der Waals surface area contributed by atoms with Crippen molar-refractivity contribution >= 4 is 5.91 Å². The number of furan rings is 1. The Labute approximate surface area is 123 Å². The first-order valence-corrected chi connectivity index (χ1v) is 6.89. The largest absolute Gasteiger partial charge is 0.491 e. The molecule has 0 radical (unpaired) electrons. The van der Waals surface area contributed by atoms with Crippen LogP contribution < -0.4 is 10.1 Å². The number of nitrogens with one attached hydrogen (secondary N) is 1. The first-order chi connectivity index (χ1) is 10.1. The molecule has 1 aromatic heterocycles. The molecule has 0 saturated heterocycles. The van der Waals surface area contributed by atoms with Crippen molar-refractivity contribution in [3.63, 3.8) is 0 Å². The highest BCUT2D eigenvalue weighted by atomic mass is 16.5. The summed E-state index contributed by atoms with van der Waals surface area (Å²) in [7, 11) is 3.91. The molecule has 5 heteroatoms. The number of carbonyl (C=O) groups excluding carboxylic acids is 1. The fraction of sp³-hybridized carbons (Fsp3) is 0.312. The fourth-order valence-corrected chi connectivity index (χ4v) is 2.51. The number of nitrogens with zero attached hydrogens (tertiary/aromatic N) is 1. The lowest BCUT2D eigenvalue weighted by molar-refractivity contribution is 0.0900. The molecule has 5 nitrogen and oxygen atoms in total. The van der Waals surface area contributed by atoms with Crippen molar-refractivity contribution < 1.29 is 13.9 Å². The molecule has 0 aliphatic carbocycles. The normalized spacial score (nSPS) is 16.6. The summed E-state index contributed by atoms with van der Waals surface area (Å²) < 4.78 is 10.9. The number of fused-ring (bicyclic) bond motifs is 1. The van der Waals surface area contributed by atoms with Crippen molar-refractivity contribution in [1.82, 2.24) is 10.2 Å². The van der Waals surface area contributed by atoms with Crippen molar-refractivity contribution in [2.75, 3.05) is 20.7 Å². The molecule has 0 bridgehead atoms. The minimum Gasteiger partial charge on any atom is -0.491 e. The molecule has 110 valence electrons. The first-order valence-electron chi connectivity index (χ1n) is 6.89. The number of hydrogen-bond acceptors (Lipinski definition) is 4. The van der Waals surface area contributed by atoms with E-state index in [0.29, 0.717) is 18.9 Å². The average Bonchev–Trinajstić information content (AvgIpc) is 3.06. The zero-order chi connectivity index (χ0) is 14.8. The van der Waals surface area contributed by atoms with Gasteiger partial charge in [-0.2, -0.15) is 0 Å². The van der Waals surface area contributed by atoms with Crippen LogP contribution in [0.15, 0.2) is 41.0 Å². The van der Waals surface area contributed by atoms with Gasteiger partial charge in [0.1, 0.15) is 12.4 Å². The molecule has 2 heterocycles. The third kappa shape index (κ3) is 2.78. The van der Waals surface area contributed by atoms with E-state index < -0.39 is 0 Å². The predicted molar refractivity (Wildman–Crippen MR) is 78.2 cm³/mol. The van der Waals surface area contributed by atoms with Gasteiger partial charge in [0, 0.05) is 17.7 Å². The molecule has 2 aromatic rings. The van der Waals surface area contributed by atoms with E-state index in [2.05, 4.69) is 5.32 Å². The Morgan fingerprint density at radius 2 is 2.14 bits per heavy atom. The number of benzene rings is 1. The molecule has 1 aliphatic rings. The van der Waals surface area contributed by atoms with Gasteiger partial charge in [-0.25, -0.2) is 0 Å². The highest BCUT2D eigenvalue weighted by molar-refractivity contribution is 5.93. The summed E-state index contributed by atoms with van der Waals surface area (Å²) in [5.74, 6) is 0.992. The molecule has 3 rings (SSSR count). The van der Waals surface area contributed by atoms with Crippen LogP contribution in [0.3, 0.4) is 0 Å². The average molecular weight is 286 g/mol. The molecule has 1 amide bonds. The van der Waals surface area contributed by atoms with Gasteiger partial charge in [-0.3, -0.25) is 4.79 Å². The SMILES string of the molecule is CN(C)Cc1ccoc1C(=O)NC1COc2ccccc21. The van der Waals surface area contributed by atoms with Crippen LogP contribution in [-0.2, 0) is 6.54 Å². The maximum Gasteiger partial charge on any atom is 0.287 e. The summed E-state index contributed by atoms with van der Waals surface area (Å²) in [6.07, 6.45) is 1.55. The van der Waals surface area contributed by atoms with Crippen molar-refractivity contribution in [2.45, 2.75) is 12.6 Å². The van der Waals surface area contributed by atoms with Gasteiger partial charge >= 0.3 is 0 Å². The topological polar surface area (TPSA) is 54.7 Å². The summed E-state index contributed by atoms with van der Waals surface area (Å²) in [6.45, 7) is 1.12. The number of para-hydroxylation sites is 1. The summed E-state index contributed by atoms with van der Waals surface area (Å²) >= 11 is 0. The Balaban J connectivity index is 1.75. The molecule has 1 aliphatic heterocycles. The lowest BCUT2D eigenvalue weighted by atomic mass is 10.1.